The second-order valence-corrected chi connectivity index (χ2v) is 3.26. The van der Waals surface area contributed by atoms with Crippen LogP contribution in [0, 0.1) is 0 Å². The summed E-state index contributed by atoms with van der Waals surface area (Å²) in [5, 5.41) is 8.85. The van der Waals surface area contributed by atoms with Gasteiger partial charge in [-0.3, -0.25) is 0 Å². The van der Waals surface area contributed by atoms with E-state index in [2.05, 4.69) is 9.97 Å². The van der Waals surface area contributed by atoms with Gasteiger partial charge in [-0.25, -0.2) is 14.8 Å². The van der Waals surface area contributed by atoms with Crippen LogP contribution in [0.15, 0.2) is 0 Å². The van der Waals surface area contributed by atoms with E-state index in [9.17, 15) is 4.79 Å². The molecule has 0 saturated carbocycles. The fourth-order valence-electron chi connectivity index (χ4n) is 1.58. The number of aromatic nitrogens is 2. The van der Waals surface area contributed by atoms with Crippen molar-refractivity contribution in [3.05, 3.63) is 22.2 Å². The summed E-state index contributed by atoms with van der Waals surface area (Å²) in [6.45, 7) is 0. The standard InChI is InChI=1S/C8H7ClN2O2/c9-8-10-5-3-1-2-4(5)6(11-8)7(12)13/h1-3H2,(H,12,13). The van der Waals surface area contributed by atoms with Crippen LogP contribution >= 0.6 is 11.6 Å². The maximum Gasteiger partial charge on any atom is 0.354 e. The van der Waals surface area contributed by atoms with Crippen molar-refractivity contribution in [2.24, 2.45) is 0 Å². The second-order valence-electron chi connectivity index (χ2n) is 2.93. The first-order valence-corrected chi connectivity index (χ1v) is 4.35. The van der Waals surface area contributed by atoms with Crippen molar-refractivity contribution in [3.8, 4) is 0 Å². The highest BCUT2D eigenvalue weighted by Gasteiger charge is 2.22. The molecule has 1 aliphatic rings. The molecule has 13 heavy (non-hydrogen) atoms. The molecule has 0 saturated heterocycles. The SMILES string of the molecule is O=C(O)c1nc(Cl)nc2c1CCC2. The summed E-state index contributed by atoms with van der Waals surface area (Å²) >= 11 is 5.59. The molecule has 1 N–H and O–H groups in total. The molecule has 1 heterocycles. The van der Waals surface area contributed by atoms with Gasteiger partial charge in [0.05, 0.1) is 0 Å². The minimum atomic E-state index is -1.03. The van der Waals surface area contributed by atoms with Crippen molar-refractivity contribution in [1.29, 1.82) is 0 Å². The van der Waals surface area contributed by atoms with Crippen LogP contribution in [0.2, 0.25) is 5.28 Å². The number of fused-ring (bicyclic) bond motifs is 1. The summed E-state index contributed by atoms with van der Waals surface area (Å²) < 4.78 is 0. The lowest BCUT2D eigenvalue weighted by molar-refractivity contribution is 0.0689. The molecule has 0 aliphatic heterocycles. The molecule has 5 heteroatoms. The van der Waals surface area contributed by atoms with Gasteiger partial charge in [-0.15, -0.1) is 0 Å². The normalized spacial score (nSPS) is 14.2. The Morgan fingerprint density at radius 2 is 2.15 bits per heavy atom. The largest absolute Gasteiger partial charge is 0.476 e. The monoisotopic (exact) mass is 198 g/mol. The molecule has 0 spiro atoms. The third kappa shape index (κ3) is 1.37. The van der Waals surface area contributed by atoms with E-state index < -0.39 is 5.97 Å². The van der Waals surface area contributed by atoms with Crippen molar-refractivity contribution < 1.29 is 9.90 Å². The van der Waals surface area contributed by atoms with Gasteiger partial charge in [-0.05, 0) is 30.9 Å². The van der Waals surface area contributed by atoms with Gasteiger partial charge in [0.1, 0.15) is 0 Å². The van der Waals surface area contributed by atoms with E-state index in [4.69, 9.17) is 16.7 Å². The number of aryl methyl sites for hydroxylation is 1. The Morgan fingerprint density at radius 1 is 1.38 bits per heavy atom. The average Bonchev–Trinajstić information content (AvgIpc) is 2.49. The molecule has 0 amide bonds. The number of nitrogens with zero attached hydrogens (tertiary/aromatic N) is 2. The minimum Gasteiger partial charge on any atom is -0.476 e. The van der Waals surface area contributed by atoms with Gasteiger partial charge >= 0.3 is 5.97 Å². The van der Waals surface area contributed by atoms with E-state index in [0.717, 1.165) is 30.5 Å². The Balaban J connectivity index is 2.62. The number of hydrogen-bond acceptors (Lipinski definition) is 3. The number of rotatable bonds is 1. The summed E-state index contributed by atoms with van der Waals surface area (Å²) in [6.07, 6.45) is 2.48. The van der Waals surface area contributed by atoms with Crippen LogP contribution in [0.25, 0.3) is 0 Å². The number of carbonyl (C=O) groups is 1. The molecular weight excluding hydrogens is 192 g/mol. The van der Waals surface area contributed by atoms with Gasteiger partial charge in [0.15, 0.2) is 5.69 Å². The number of hydrogen-bond donors (Lipinski definition) is 1. The van der Waals surface area contributed by atoms with Crippen LogP contribution < -0.4 is 0 Å². The van der Waals surface area contributed by atoms with Gasteiger partial charge in [-0.1, -0.05) is 0 Å². The zero-order valence-electron chi connectivity index (χ0n) is 6.75. The molecule has 1 aliphatic carbocycles. The predicted octanol–water partition coefficient (Wildman–Crippen LogP) is 1.32. The average molecular weight is 199 g/mol. The van der Waals surface area contributed by atoms with Crippen molar-refractivity contribution in [2.75, 3.05) is 0 Å². The predicted molar refractivity (Wildman–Crippen MR) is 46.0 cm³/mol. The lowest BCUT2D eigenvalue weighted by atomic mass is 10.2. The van der Waals surface area contributed by atoms with E-state index in [1.165, 1.54) is 0 Å². The molecule has 68 valence electrons. The highest BCUT2D eigenvalue weighted by atomic mass is 35.5. The fraction of sp³-hybridized carbons (Fsp3) is 0.375. The number of halogens is 1. The van der Waals surface area contributed by atoms with E-state index >= 15 is 0 Å². The van der Waals surface area contributed by atoms with Crippen LogP contribution in [0.3, 0.4) is 0 Å². The molecular formula is C8H7ClN2O2. The van der Waals surface area contributed by atoms with Crippen molar-refractivity contribution in [1.82, 2.24) is 9.97 Å². The third-order valence-corrected chi connectivity index (χ3v) is 2.28. The first-order valence-electron chi connectivity index (χ1n) is 3.97. The Bertz CT molecular complexity index is 379. The van der Waals surface area contributed by atoms with Crippen molar-refractivity contribution in [3.63, 3.8) is 0 Å². The fourth-order valence-corrected chi connectivity index (χ4v) is 1.77. The lowest BCUT2D eigenvalue weighted by Crippen LogP contribution is -2.07. The molecule has 0 atom stereocenters. The smallest absolute Gasteiger partial charge is 0.354 e. The Kier molecular flexibility index (Phi) is 1.92. The zero-order valence-corrected chi connectivity index (χ0v) is 7.51. The van der Waals surface area contributed by atoms with Crippen LogP contribution in [-0.4, -0.2) is 21.0 Å². The van der Waals surface area contributed by atoms with E-state index in [0.29, 0.717) is 0 Å². The maximum absolute atomic E-state index is 10.8. The maximum atomic E-state index is 10.8. The van der Waals surface area contributed by atoms with Crippen LogP contribution in [0.1, 0.15) is 28.2 Å². The molecule has 0 aromatic carbocycles. The minimum absolute atomic E-state index is 0.0260. The number of carboxylic acids is 1. The highest BCUT2D eigenvalue weighted by molar-refractivity contribution is 6.28. The third-order valence-electron chi connectivity index (χ3n) is 2.11. The first kappa shape index (κ1) is 8.44. The Labute approximate surface area is 79.6 Å². The first-order chi connectivity index (χ1) is 6.18. The van der Waals surface area contributed by atoms with Crippen LogP contribution in [0.4, 0.5) is 0 Å². The van der Waals surface area contributed by atoms with Gasteiger partial charge in [0.25, 0.3) is 0 Å². The van der Waals surface area contributed by atoms with Crippen molar-refractivity contribution in [2.45, 2.75) is 19.3 Å². The topological polar surface area (TPSA) is 63.1 Å². The van der Waals surface area contributed by atoms with Crippen LogP contribution in [-0.2, 0) is 12.8 Å². The zero-order chi connectivity index (χ0) is 9.42. The molecule has 0 bridgehead atoms. The molecule has 1 aromatic rings. The molecule has 0 radical (unpaired) electrons. The van der Waals surface area contributed by atoms with E-state index in [1.807, 2.05) is 0 Å². The molecule has 1 aromatic heterocycles. The molecule has 2 rings (SSSR count). The van der Waals surface area contributed by atoms with Gasteiger partial charge in [0.2, 0.25) is 5.28 Å². The number of carboxylic acid groups (broad SMARTS) is 1. The summed E-state index contributed by atoms with van der Waals surface area (Å²) in [7, 11) is 0. The lowest BCUT2D eigenvalue weighted by Gasteiger charge is -2.02. The van der Waals surface area contributed by atoms with E-state index in [-0.39, 0.29) is 11.0 Å². The van der Waals surface area contributed by atoms with Gasteiger partial charge < -0.3 is 5.11 Å². The summed E-state index contributed by atoms with van der Waals surface area (Å²) in [6, 6.07) is 0. The summed E-state index contributed by atoms with van der Waals surface area (Å²) in [4.78, 5) is 18.5. The summed E-state index contributed by atoms with van der Waals surface area (Å²) in [5.41, 5.74) is 1.60. The Morgan fingerprint density at radius 3 is 2.85 bits per heavy atom. The molecule has 0 fully saturated rings. The highest BCUT2D eigenvalue weighted by Crippen LogP contribution is 2.23. The van der Waals surface area contributed by atoms with Crippen molar-refractivity contribution >= 4 is 17.6 Å². The summed E-state index contributed by atoms with van der Waals surface area (Å²) in [5.74, 6) is -1.03. The van der Waals surface area contributed by atoms with Gasteiger partial charge in [0, 0.05) is 11.3 Å². The van der Waals surface area contributed by atoms with E-state index in [1.54, 1.807) is 0 Å². The number of aromatic carboxylic acids is 1. The molecule has 0 unspecified atom stereocenters. The Hall–Kier alpha value is -1.16. The second kappa shape index (κ2) is 2.96. The quantitative estimate of drug-likeness (QED) is 0.692. The molecule has 4 nitrogen and oxygen atoms in total. The van der Waals surface area contributed by atoms with Gasteiger partial charge in [-0.2, -0.15) is 0 Å². The van der Waals surface area contributed by atoms with Crippen LogP contribution in [0.5, 0.6) is 0 Å².